The Balaban J connectivity index is 1.57. The number of aryl methyl sites for hydroxylation is 1. The molecule has 170 valence electrons. The number of rotatable bonds is 2. The zero-order chi connectivity index (χ0) is 23.2. The number of ether oxygens (including phenoxy) is 1. The number of anilines is 2. The fourth-order valence-electron chi connectivity index (χ4n) is 6.42. The van der Waals surface area contributed by atoms with E-state index in [2.05, 4.69) is 10.2 Å². The van der Waals surface area contributed by atoms with Crippen LogP contribution in [-0.2, 0) is 19.9 Å². The van der Waals surface area contributed by atoms with Gasteiger partial charge in [-0.05, 0) is 44.0 Å². The number of carbonyl (C=O) groups excluding carboxylic acids is 3. The first kappa shape index (κ1) is 21.0. The van der Waals surface area contributed by atoms with Gasteiger partial charge in [-0.2, -0.15) is 0 Å². The first-order chi connectivity index (χ1) is 15.8. The maximum absolute atomic E-state index is 14.1. The second kappa shape index (κ2) is 6.95. The van der Waals surface area contributed by atoms with E-state index in [0.29, 0.717) is 39.3 Å². The molecule has 0 saturated carbocycles. The van der Waals surface area contributed by atoms with Crippen LogP contribution in [0.1, 0.15) is 24.0 Å². The van der Waals surface area contributed by atoms with Crippen molar-refractivity contribution in [3.05, 3.63) is 51.5 Å². The summed E-state index contributed by atoms with van der Waals surface area (Å²) in [5.74, 6) is -2.15. The summed E-state index contributed by atoms with van der Waals surface area (Å²) >= 11 is 12.7. The van der Waals surface area contributed by atoms with Crippen LogP contribution in [0.3, 0.4) is 0 Å². The largest absolute Gasteiger partial charge is 0.495 e. The van der Waals surface area contributed by atoms with E-state index in [0.717, 1.165) is 18.4 Å². The average molecular weight is 486 g/mol. The van der Waals surface area contributed by atoms with Gasteiger partial charge in [-0.15, -0.1) is 0 Å². The standard InChI is InChI=1S/C24H21Cl2N3O4/c1-11-9-16(17(33-2)10-14(11)26)29-21(30)18-15-7-4-8-28(15)24(19(18)22(29)31)12-5-3-6-13(25)20(12)27-23(24)32/h3,5-6,9-10,15,18-19H,4,7-8H2,1-2H3,(H,27,32)/t15-,18+,19-,24-/m0/s1. The van der Waals surface area contributed by atoms with Crippen molar-refractivity contribution in [1.82, 2.24) is 4.90 Å². The van der Waals surface area contributed by atoms with Gasteiger partial charge in [-0.25, -0.2) is 4.90 Å². The van der Waals surface area contributed by atoms with Gasteiger partial charge in [-0.3, -0.25) is 19.3 Å². The van der Waals surface area contributed by atoms with E-state index in [1.807, 2.05) is 6.07 Å². The Labute approximate surface area is 200 Å². The number of nitrogens with one attached hydrogen (secondary N) is 1. The molecule has 0 radical (unpaired) electrons. The van der Waals surface area contributed by atoms with Crippen molar-refractivity contribution in [3.63, 3.8) is 0 Å². The first-order valence-corrected chi connectivity index (χ1v) is 11.7. The van der Waals surface area contributed by atoms with Gasteiger partial charge in [0.2, 0.25) is 11.8 Å². The number of fused-ring (bicyclic) bond motifs is 7. The quantitative estimate of drug-likeness (QED) is 0.655. The summed E-state index contributed by atoms with van der Waals surface area (Å²) in [4.78, 5) is 44.9. The van der Waals surface area contributed by atoms with Crippen LogP contribution in [0.5, 0.6) is 5.75 Å². The molecule has 4 aliphatic rings. The van der Waals surface area contributed by atoms with E-state index in [4.69, 9.17) is 27.9 Å². The fraction of sp³-hybridized carbons (Fsp3) is 0.375. The summed E-state index contributed by atoms with van der Waals surface area (Å²) in [5, 5.41) is 3.81. The second-order valence-corrected chi connectivity index (χ2v) is 9.89. The summed E-state index contributed by atoms with van der Waals surface area (Å²) in [6, 6.07) is 8.43. The Hall–Kier alpha value is -2.61. The highest BCUT2D eigenvalue weighted by Crippen LogP contribution is 2.61. The minimum absolute atomic E-state index is 0.202. The number of halogens is 2. The zero-order valence-electron chi connectivity index (χ0n) is 18.0. The molecular formula is C24H21Cl2N3O4. The van der Waals surface area contributed by atoms with E-state index >= 15 is 0 Å². The van der Waals surface area contributed by atoms with Gasteiger partial charge in [0, 0.05) is 22.7 Å². The van der Waals surface area contributed by atoms with E-state index in [9.17, 15) is 14.4 Å². The molecule has 1 N–H and O–H groups in total. The van der Waals surface area contributed by atoms with Crippen LogP contribution in [0.4, 0.5) is 11.4 Å². The number of methoxy groups -OCH3 is 1. The van der Waals surface area contributed by atoms with Crippen LogP contribution < -0.4 is 15.0 Å². The Morgan fingerprint density at radius 2 is 1.91 bits per heavy atom. The molecule has 4 aliphatic heterocycles. The number of hydrogen-bond acceptors (Lipinski definition) is 5. The minimum atomic E-state index is -1.26. The maximum atomic E-state index is 14.1. The normalized spacial score (nSPS) is 30.1. The Bertz CT molecular complexity index is 1260. The van der Waals surface area contributed by atoms with Crippen molar-refractivity contribution < 1.29 is 19.1 Å². The van der Waals surface area contributed by atoms with E-state index in [1.165, 1.54) is 12.0 Å². The summed E-state index contributed by atoms with van der Waals surface area (Å²) in [6.45, 7) is 2.45. The third kappa shape index (κ3) is 2.42. The number of carbonyl (C=O) groups is 3. The molecule has 3 amide bonds. The average Bonchev–Trinajstić information content (AvgIpc) is 3.49. The van der Waals surface area contributed by atoms with Crippen LogP contribution in [0.15, 0.2) is 30.3 Å². The maximum Gasteiger partial charge on any atom is 0.250 e. The molecule has 3 fully saturated rings. The second-order valence-electron chi connectivity index (χ2n) is 9.07. The van der Waals surface area contributed by atoms with E-state index in [1.54, 1.807) is 31.2 Å². The minimum Gasteiger partial charge on any atom is -0.495 e. The lowest BCUT2D eigenvalue weighted by molar-refractivity contribution is -0.135. The SMILES string of the molecule is COc1cc(Cl)c(C)cc1N1C(=O)[C@H]2[C@@H](C1=O)[C@@]1(C(=O)Nc3c(Cl)cccc31)N1CCC[C@@H]21. The zero-order valence-corrected chi connectivity index (χ0v) is 19.5. The van der Waals surface area contributed by atoms with Gasteiger partial charge in [0.05, 0.1) is 35.3 Å². The molecule has 1 spiro atoms. The topological polar surface area (TPSA) is 78.9 Å². The fourth-order valence-corrected chi connectivity index (χ4v) is 6.79. The predicted octanol–water partition coefficient (Wildman–Crippen LogP) is 3.74. The summed E-state index contributed by atoms with van der Waals surface area (Å²) in [7, 11) is 1.47. The van der Waals surface area contributed by atoms with Crippen molar-refractivity contribution in [2.75, 3.05) is 23.9 Å². The molecule has 2 aromatic rings. The van der Waals surface area contributed by atoms with Crippen molar-refractivity contribution in [2.24, 2.45) is 11.8 Å². The number of amides is 3. The lowest BCUT2D eigenvalue weighted by Crippen LogP contribution is -2.54. The first-order valence-electron chi connectivity index (χ1n) is 10.9. The van der Waals surface area contributed by atoms with Crippen LogP contribution >= 0.6 is 23.2 Å². The van der Waals surface area contributed by atoms with Gasteiger partial charge in [0.1, 0.15) is 11.3 Å². The predicted molar refractivity (Wildman–Crippen MR) is 124 cm³/mol. The van der Waals surface area contributed by atoms with E-state index < -0.39 is 23.3 Å². The highest BCUT2D eigenvalue weighted by molar-refractivity contribution is 6.35. The smallest absolute Gasteiger partial charge is 0.250 e. The third-order valence-corrected chi connectivity index (χ3v) is 8.40. The lowest BCUT2D eigenvalue weighted by Gasteiger charge is -2.36. The molecule has 3 saturated heterocycles. The van der Waals surface area contributed by atoms with Gasteiger partial charge >= 0.3 is 0 Å². The van der Waals surface area contributed by atoms with Crippen molar-refractivity contribution in [3.8, 4) is 5.75 Å². The van der Waals surface area contributed by atoms with Gasteiger partial charge in [0.15, 0.2) is 0 Å². The highest BCUT2D eigenvalue weighted by atomic mass is 35.5. The molecule has 0 aromatic heterocycles. The molecule has 33 heavy (non-hydrogen) atoms. The number of para-hydroxylation sites is 1. The highest BCUT2D eigenvalue weighted by Gasteiger charge is 2.74. The molecule has 6 rings (SSSR count). The van der Waals surface area contributed by atoms with Crippen LogP contribution in [0, 0.1) is 18.8 Å². The summed E-state index contributed by atoms with van der Waals surface area (Å²) in [5.41, 5.74) is 1.00. The molecule has 0 bridgehead atoms. The third-order valence-electron chi connectivity index (χ3n) is 7.68. The molecule has 0 aliphatic carbocycles. The Morgan fingerprint density at radius 1 is 1.12 bits per heavy atom. The van der Waals surface area contributed by atoms with Gasteiger partial charge < -0.3 is 10.1 Å². The number of benzene rings is 2. The van der Waals surface area contributed by atoms with Crippen molar-refractivity contribution in [2.45, 2.75) is 31.3 Å². The number of nitrogens with zero attached hydrogens (tertiary/aromatic N) is 2. The van der Waals surface area contributed by atoms with Gasteiger partial charge in [0.25, 0.3) is 5.91 Å². The molecule has 0 unspecified atom stereocenters. The van der Waals surface area contributed by atoms with Crippen LogP contribution in [0.2, 0.25) is 10.0 Å². The summed E-state index contributed by atoms with van der Waals surface area (Å²) < 4.78 is 5.47. The van der Waals surface area contributed by atoms with Crippen molar-refractivity contribution >= 4 is 52.3 Å². The monoisotopic (exact) mass is 485 g/mol. The molecular weight excluding hydrogens is 465 g/mol. The number of hydrogen-bond donors (Lipinski definition) is 1. The molecule has 7 nitrogen and oxygen atoms in total. The molecule has 2 aromatic carbocycles. The Morgan fingerprint density at radius 3 is 2.67 bits per heavy atom. The van der Waals surface area contributed by atoms with Gasteiger partial charge in [-0.1, -0.05) is 35.3 Å². The van der Waals surface area contributed by atoms with Crippen molar-refractivity contribution in [1.29, 1.82) is 0 Å². The molecule has 4 atom stereocenters. The Kier molecular flexibility index (Phi) is 4.41. The molecule has 4 heterocycles. The van der Waals surface area contributed by atoms with E-state index in [-0.39, 0.29) is 17.9 Å². The summed E-state index contributed by atoms with van der Waals surface area (Å²) in [6.07, 6.45) is 1.60. The number of imide groups is 1. The van der Waals surface area contributed by atoms with Crippen LogP contribution in [-0.4, -0.2) is 42.3 Å². The molecule has 9 heteroatoms. The van der Waals surface area contributed by atoms with Crippen LogP contribution in [0.25, 0.3) is 0 Å². The lowest BCUT2D eigenvalue weighted by atomic mass is 9.75.